The minimum atomic E-state index is -0.882. The van der Waals surface area contributed by atoms with Gasteiger partial charge in [0.25, 0.3) is 0 Å². The third-order valence-electron chi connectivity index (χ3n) is 5.34. The van der Waals surface area contributed by atoms with E-state index in [2.05, 4.69) is 11.9 Å². The van der Waals surface area contributed by atoms with E-state index in [1.807, 2.05) is 24.3 Å². The molecule has 0 spiro atoms. The number of aliphatic carboxylic acids is 1. The van der Waals surface area contributed by atoms with Crippen LogP contribution in [-0.4, -0.2) is 47.0 Å². The molecule has 2 aromatic carbocycles. The van der Waals surface area contributed by atoms with Gasteiger partial charge in [0.05, 0.1) is 6.42 Å². The largest absolute Gasteiger partial charge is 0.481 e. The summed E-state index contributed by atoms with van der Waals surface area (Å²) < 4.78 is 0. The number of urea groups is 1. The quantitative estimate of drug-likeness (QED) is 0.596. The van der Waals surface area contributed by atoms with Crippen molar-refractivity contribution >= 4 is 40.9 Å². The van der Waals surface area contributed by atoms with Gasteiger partial charge in [-0.15, -0.1) is 0 Å². The van der Waals surface area contributed by atoms with Crippen LogP contribution in [0.4, 0.5) is 4.79 Å². The van der Waals surface area contributed by atoms with Crippen molar-refractivity contribution in [2.24, 2.45) is 5.92 Å². The number of nitrogens with one attached hydrogen (secondary N) is 1. The van der Waals surface area contributed by atoms with Gasteiger partial charge in [-0.1, -0.05) is 60.1 Å². The Kier molecular flexibility index (Phi) is 7.46. The van der Waals surface area contributed by atoms with E-state index in [0.717, 1.165) is 22.4 Å². The summed E-state index contributed by atoms with van der Waals surface area (Å²) in [5.41, 5.74) is 3.38. The van der Waals surface area contributed by atoms with Gasteiger partial charge in [0.1, 0.15) is 0 Å². The normalized spacial score (nSPS) is 16.4. The molecule has 0 bridgehead atoms. The predicted molar refractivity (Wildman–Crippen MR) is 123 cm³/mol. The van der Waals surface area contributed by atoms with Crippen LogP contribution in [0.25, 0.3) is 5.70 Å². The first kappa shape index (κ1) is 23.0. The van der Waals surface area contributed by atoms with Crippen LogP contribution in [-0.2, 0) is 17.9 Å². The molecule has 0 aliphatic carbocycles. The highest BCUT2D eigenvalue weighted by Crippen LogP contribution is 2.27. The van der Waals surface area contributed by atoms with Gasteiger partial charge in [-0.2, -0.15) is 0 Å². The van der Waals surface area contributed by atoms with E-state index < -0.39 is 5.97 Å². The molecule has 3 rings (SSSR count). The number of rotatable bonds is 8. The average molecular weight is 462 g/mol. The summed E-state index contributed by atoms with van der Waals surface area (Å²) in [5.74, 6) is -1.08. The van der Waals surface area contributed by atoms with E-state index in [9.17, 15) is 14.7 Å². The van der Waals surface area contributed by atoms with E-state index in [4.69, 9.17) is 23.2 Å². The van der Waals surface area contributed by atoms with Gasteiger partial charge in [-0.25, -0.2) is 4.79 Å². The summed E-state index contributed by atoms with van der Waals surface area (Å²) in [6.07, 6.45) is -0.0144. The number of halogens is 2. The Hall–Kier alpha value is -2.70. The lowest BCUT2D eigenvalue weighted by atomic mass is 9.99. The topological polar surface area (TPSA) is 72.9 Å². The van der Waals surface area contributed by atoms with Crippen molar-refractivity contribution in [1.29, 1.82) is 0 Å². The maximum absolute atomic E-state index is 13.3. The van der Waals surface area contributed by atoms with Gasteiger partial charge >= 0.3 is 12.0 Å². The lowest BCUT2D eigenvalue weighted by molar-refractivity contribution is -0.138. The van der Waals surface area contributed by atoms with Crippen molar-refractivity contribution in [3.8, 4) is 0 Å². The van der Waals surface area contributed by atoms with Gasteiger partial charge in [-0.05, 0) is 23.3 Å². The van der Waals surface area contributed by atoms with E-state index >= 15 is 0 Å². The van der Waals surface area contributed by atoms with E-state index in [1.165, 1.54) is 0 Å². The van der Waals surface area contributed by atoms with Crippen LogP contribution in [0, 0.1) is 5.92 Å². The van der Waals surface area contributed by atoms with Crippen LogP contribution in [0.3, 0.4) is 0 Å². The Morgan fingerprint density at radius 3 is 2.39 bits per heavy atom. The van der Waals surface area contributed by atoms with E-state index in [-0.39, 0.29) is 24.9 Å². The van der Waals surface area contributed by atoms with Gasteiger partial charge in [0.2, 0.25) is 0 Å². The summed E-state index contributed by atoms with van der Waals surface area (Å²) in [6, 6.07) is 12.7. The van der Waals surface area contributed by atoms with Crippen LogP contribution < -0.4 is 5.32 Å². The van der Waals surface area contributed by atoms with Crippen molar-refractivity contribution in [3.63, 3.8) is 0 Å². The molecule has 1 saturated heterocycles. The summed E-state index contributed by atoms with van der Waals surface area (Å²) in [6.45, 7) is 5.40. The number of amides is 2. The molecular weight excluding hydrogens is 437 g/mol. The van der Waals surface area contributed by atoms with Crippen molar-refractivity contribution in [2.75, 3.05) is 20.1 Å². The molecule has 2 amide bonds. The number of nitrogens with zero attached hydrogens (tertiary/aromatic N) is 2. The molecule has 1 heterocycles. The SMILES string of the molecule is C=C(NC)c1ccccc1CN1CC(CC(=O)O)CN(Cc2ccc(Cl)cc2Cl)C1=O. The number of hydrogen-bond acceptors (Lipinski definition) is 3. The lowest BCUT2D eigenvalue weighted by Crippen LogP contribution is -2.53. The number of benzene rings is 2. The standard InChI is InChI=1S/C23H25Cl2N3O3/c1-15(26-2)20-6-4-3-5-17(20)13-27-11-16(9-22(29)30)12-28(23(27)31)14-18-7-8-19(24)10-21(18)25/h3-8,10,16,26H,1,9,11-14H2,2H3,(H,29,30). The first-order chi connectivity index (χ1) is 14.8. The average Bonchev–Trinajstić information content (AvgIpc) is 2.72. The molecule has 0 radical (unpaired) electrons. The maximum Gasteiger partial charge on any atom is 0.320 e. The Morgan fingerprint density at radius 2 is 1.77 bits per heavy atom. The number of carbonyl (C=O) groups is 2. The van der Waals surface area contributed by atoms with Gasteiger partial charge in [0.15, 0.2) is 0 Å². The molecule has 1 unspecified atom stereocenters. The molecule has 164 valence electrons. The monoisotopic (exact) mass is 461 g/mol. The molecule has 8 heteroatoms. The number of carboxylic acid groups (broad SMARTS) is 1. The Labute approximate surface area is 192 Å². The zero-order valence-corrected chi connectivity index (χ0v) is 18.8. The van der Waals surface area contributed by atoms with Crippen molar-refractivity contribution in [3.05, 3.63) is 75.8 Å². The smallest absolute Gasteiger partial charge is 0.320 e. The van der Waals surface area contributed by atoms with Gasteiger partial charge in [0, 0.05) is 60.5 Å². The zero-order valence-electron chi connectivity index (χ0n) is 17.3. The summed E-state index contributed by atoms with van der Waals surface area (Å²) in [5, 5.41) is 13.4. The number of carboxylic acids is 1. The van der Waals surface area contributed by atoms with Crippen molar-refractivity contribution in [2.45, 2.75) is 19.5 Å². The third kappa shape index (κ3) is 5.71. The summed E-state index contributed by atoms with van der Waals surface area (Å²) in [7, 11) is 1.80. The Bertz CT molecular complexity index is 996. The number of carbonyl (C=O) groups excluding carboxylic acids is 1. The first-order valence-electron chi connectivity index (χ1n) is 9.93. The second-order valence-electron chi connectivity index (χ2n) is 7.63. The van der Waals surface area contributed by atoms with Crippen LogP contribution in [0.1, 0.15) is 23.1 Å². The molecular formula is C23H25Cl2N3O3. The predicted octanol–water partition coefficient (Wildman–Crippen LogP) is 4.71. The van der Waals surface area contributed by atoms with Crippen LogP contribution in [0.5, 0.6) is 0 Å². The molecule has 6 nitrogen and oxygen atoms in total. The third-order valence-corrected chi connectivity index (χ3v) is 5.93. The van der Waals surface area contributed by atoms with Crippen LogP contribution in [0.2, 0.25) is 10.0 Å². The fourth-order valence-corrected chi connectivity index (χ4v) is 4.29. The first-order valence-corrected chi connectivity index (χ1v) is 10.7. The van der Waals surface area contributed by atoms with E-state index in [1.54, 1.807) is 35.0 Å². The molecule has 1 aliphatic rings. The van der Waals surface area contributed by atoms with Crippen molar-refractivity contribution in [1.82, 2.24) is 15.1 Å². The Morgan fingerprint density at radius 1 is 1.13 bits per heavy atom. The maximum atomic E-state index is 13.3. The van der Waals surface area contributed by atoms with Crippen LogP contribution >= 0.6 is 23.2 Å². The minimum absolute atomic E-state index is 0.0144. The fourth-order valence-electron chi connectivity index (χ4n) is 3.83. The molecule has 31 heavy (non-hydrogen) atoms. The zero-order chi connectivity index (χ0) is 22.5. The van der Waals surface area contributed by atoms with Gasteiger partial charge < -0.3 is 20.2 Å². The second-order valence-corrected chi connectivity index (χ2v) is 8.47. The second kappa shape index (κ2) is 10.1. The highest BCUT2D eigenvalue weighted by atomic mass is 35.5. The number of hydrogen-bond donors (Lipinski definition) is 2. The van der Waals surface area contributed by atoms with Crippen LogP contribution in [0.15, 0.2) is 49.0 Å². The molecule has 2 N–H and O–H groups in total. The molecule has 1 aliphatic heterocycles. The van der Waals surface area contributed by atoms with Crippen molar-refractivity contribution < 1.29 is 14.7 Å². The summed E-state index contributed by atoms with van der Waals surface area (Å²) >= 11 is 12.3. The molecule has 0 aromatic heterocycles. The van der Waals surface area contributed by atoms with E-state index in [0.29, 0.717) is 29.7 Å². The molecule has 1 fully saturated rings. The minimum Gasteiger partial charge on any atom is -0.481 e. The Balaban J connectivity index is 1.86. The summed E-state index contributed by atoms with van der Waals surface area (Å²) in [4.78, 5) is 28.0. The highest BCUT2D eigenvalue weighted by molar-refractivity contribution is 6.35. The fraction of sp³-hybridized carbons (Fsp3) is 0.304. The molecule has 2 aromatic rings. The highest BCUT2D eigenvalue weighted by Gasteiger charge is 2.33. The van der Waals surface area contributed by atoms with Gasteiger partial charge in [-0.3, -0.25) is 4.79 Å². The molecule has 0 saturated carbocycles. The molecule has 1 atom stereocenters. The lowest BCUT2D eigenvalue weighted by Gasteiger charge is -2.40.